The highest BCUT2D eigenvalue weighted by molar-refractivity contribution is 7.16. The minimum atomic E-state index is 0.973. The Labute approximate surface area is 140 Å². The van der Waals surface area contributed by atoms with Gasteiger partial charge in [-0.25, -0.2) is 9.98 Å². The van der Waals surface area contributed by atoms with Gasteiger partial charge < -0.3 is 15.5 Å². The van der Waals surface area contributed by atoms with Gasteiger partial charge in [-0.2, -0.15) is 0 Å². The van der Waals surface area contributed by atoms with Crippen LogP contribution in [0.3, 0.4) is 0 Å². The first-order valence-electron chi connectivity index (χ1n) is 8.25. The van der Waals surface area contributed by atoms with Crippen molar-refractivity contribution < 1.29 is 0 Å². The molecular formula is C17H21N5S. The summed E-state index contributed by atoms with van der Waals surface area (Å²) in [5.41, 5.74) is 3.06. The minimum absolute atomic E-state index is 0.973. The van der Waals surface area contributed by atoms with Gasteiger partial charge in [-0.1, -0.05) is 19.1 Å². The maximum absolute atomic E-state index is 4.97. The van der Waals surface area contributed by atoms with Gasteiger partial charge in [0.1, 0.15) is 10.7 Å². The van der Waals surface area contributed by atoms with E-state index in [1.165, 1.54) is 5.01 Å². The molecule has 0 amide bonds. The number of anilines is 2. The van der Waals surface area contributed by atoms with Crippen molar-refractivity contribution in [2.45, 2.75) is 19.8 Å². The third-order valence-corrected chi connectivity index (χ3v) is 5.17. The van der Waals surface area contributed by atoms with Crippen molar-refractivity contribution in [1.82, 2.24) is 15.2 Å². The normalized spacial score (nSPS) is 16.9. The molecule has 0 unspecified atom stereocenters. The lowest BCUT2D eigenvalue weighted by atomic mass is 10.2. The topological polar surface area (TPSA) is 52.6 Å². The molecule has 1 aromatic heterocycles. The first kappa shape index (κ1) is 14.7. The molecule has 2 aliphatic heterocycles. The van der Waals surface area contributed by atoms with E-state index < -0.39 is 0 Å². The molecule has 0 spiro atoms. The average Bonchev–Trinajstić information content (AvgIpc) is 2.90. The molecule has 3 heterocycles. The number of aliphatic imine (C=N–C) groups is 1. The van der Waals surface area contributed by atoms with Crippen molar-refractivity contribution in [1.29, 1.82) is 0 Å². The maximum Gasteiger partial charge on any atom is 0.158 e. The number of hydrogen-bond acceptors (Lipinski definition) is 6. The maximum atomic E-state index is 4.97. The predicted molar refractivity (Wildman–Crippen MR) is 96.5 cm³/mol. The molecule has 2 N–H and O–H groups in total. The number of nitrogens with zero attached hydrogens (tertiary/aromatic N) is 3. The fourth-order valence-corrected chi connectivity index (χ4v) is 4.06. The van der Waals surface area contributed by atoms with Crippen molar-refractivity contribution >= 4 is 33.5 Å². The predicted octanol–water partition coefficient (Wildman–Crippen LogP) is 3.14. The number of para-hydroxylation sites is 2. The number of aryl methyl sites for hydroxylation is 1. The second-order valence-electron chi connectivity index (χ2n) is 5.85. The van der Waals surface area contributed by atoms with E-state index in [0.717, 1.165) is 66.9 Å². The van der Waals surface area contributed by atoms with Crippen LogP contribution in [0.15, 0.2) is 29.3 Å². The van der Waals surface area contributed by atoms with Crippen LogP contribution in [0.5, 0.6) is 0 Å². The minimum Gasteiger partial charge on any atom is -0.352 e. The van der Waals surface area contributed by atoms with Crippen LogP contribution in [0.1, 0.15) is 24.0 Å². The van der Waals surface area contributed by atoms with Crippen LogP contribution >= 0.6 is 11.3 Å². The van der Waals surface area contributed by atoms with Crippen molar-refractivity contribution in [2.24, 2.45) is 4.99 Å². The van der Waals surface area contributed by atoms with E-state index in [4.69, 9.17) is 9.98 Å². The molecule has 1 aromatic carbocycles. The van der Waals surface area contributed by atoms with Crippen molar-refractivity contribution in [2.75, 3.05) is 31.5 Å². The van der Waals surface area contributed by atoms with Crippen LogP contribution in [0.4, 0.5) is 16.4 Å². The van der Waals surface area contributed by atoms with Gasteiger partial charge in [-0.05, 0) is 25.0 Å². The smallest absolute Gasteiger partial charge is 0.158 e. The number of benzene rings is 1. The molecule has 2 aromatic rings. The van der Waals surface area contributed by atoms with E-state index in [1.54, 1.807) is 11.3 Å². The zero-order valence-corrected chi connectivity index (χ0v) is 14.1. The number of hydrogen-bond donors (Lipinski definition) is 2. The van der Waals surface area contributed by atoms with Crippen molar-refractivity contribution in [3.05, 3.63) is 35.0 Å². The molecule has 0 atom stereocenters. The summed E-state index contributed by atoms with van der Waals surface area (Å²) in [6.07, 6.45) is 2.14. The summed E-state index contributed by atoms with van der Waals surface area (Å²) in [5.74, 6) is 1.01. The lowest BCUT2D eigenvalue weighted by Gasteiger charge is -2.29. The molecule has 5 nitrogen and oxygen atoms in total. The Morgan fingerprint density at radius 2 is 2.04 bits per heavy atom. The fourth-order valence-electron chi connectivity index (χ4n) is 2.98. The molecule has 0 bridgehead atoms. The van der Waals surface area contributed by atoms with Gasteiger partial charge in [0.15, 0.2) is 5.84 Å². The van der Waals surface area contributed by atoms with Gasteiger partial charge in [0.2, 0.25) is 0 Å². The molecule has 6 heteroatoms. The van der Waals surface area contributed by atoms with E-state index in [0.29, 0.717) is 0 Å². The Morgan fingerprint density at radius 3 is 2.87 bits per heavy atom. The average molecular weight is 327 g/mol. The summed E-state index contributed by atoms with van der Waals surface area (Å²) in [5, 5.41) is 9.27. The summed E-state index contributed by atoms with van der Waals surface area (Å²) < 4.78 is 0. The van der Waals surface area contributed by atoms with Gasteiger partial charge in [0.05, 0.1) is 16.4 Å². The number of nitrogens with one attached hydrogen (secondary N) is 2. The SMILES string of the molecule is CCCc1nc2c(s1)Nc1ccccc1N=C2N1CCNCC1. The quantitative estimate of drug-likeness (QED) is 0.890. The number of amidine groups is 1. The lowest BCUT2D eigenvalue weighted by Crippen LogP contribution is -2.46. The Bertz CT molecular complexity index is 730. The zero-order chi connectivity index (χ0) is 15.6. The summed E-state index contributed by atoms with van der Waals surface area (Å²) in [6.45, 7) is 6.13. The first-order chi connectivity index (χ1) is 11.3. The molecule has 1 fully saturated rings. The van der Waals surface area contributed by atoms with E-state index >= 15 is 0 Å². The molecule has 23 heavy (non-hydrogen) atoms. The molecule has 0 aliphatic carbocycles. The van der Waals surface area contributed by atoms with Crippen molar-refractivity contribution in [3.63, 3.8) is 0 Å². The molecule has 4 rings (SSSR count). The number of aromatic nitrogens is 1. The Kier molecular flexibility index (Phi) is 4.01. The second kappa shape index (κ2) is 6.29. The second-order valence-corrected chi connectivity index (χ2v) is 6.93. The molecule has 2 aliphatic rings. The fraction of sp³-hybridized carbons (Fsp3) is 0.412. The highest BCUT2D eigenvalue weighted by Gasteiger charge is 2.26. The van der Waals surface area contributed by atoms with Crippen LogP contribution in [-0.2, 0) is 6.42 Å². The zero-order valence-electron chi connectivity index (χ0n) is 13.3. The van der Waals surface area contributed by atoms with Crippen LogP contribution in [0, 0.1) is 0 Å². The van der Waals surface area contributed by atoms with Crippen LogP contribution in [0.25, 0.3) is 0 Å². The molecule has 1 saturated heterocycles. The Balaban J connectivity index is 1.81. The Hall–Kier alpha value is -1.92. The third kappa shape index (κ3) is 2.84. The molecule has 0 saturated carbocycles. The molecular weight excluding hydrogens is 306 g/mol. The van der Waals surface area contributed by atoms with E-state index in [-0.39, 0.29) is 0 Å². The monoisotopic (exact) mass is 327 g/mol. The van der Waals surface area contributed by atoms with Gasteiger partial charge in [-0.15, -0.1) is 11.3 Å². The number of rotatable bonds is 2. The number of thiazole rings is 1. The largest absolute Gasteiger partial charge is 0.352 e. The van der Waals surface area contributed by atoms with E-state index in [2.05, 4.69) is 34.6 Å². The third-order valence-electron chi connectivity index (χ3n) is 4.14. The van der Waals surface area contributed by atoms with E-state index in [9.17, 15) is 0 Å². The van der Waals surface area contributed by atoms with Crippen LogP contribution < -0.4 is 10.6 Å². The Morgan fingerprint density at radius 1 is 1.22 bits per heavy atom. The summed E-state index contributed by atoms with van der Waals surface area (Å²) in [6, 6.07) is 8.23. The summed E-state index contributed by atoms with van der Waals surface area (Å²) in [7, 11) is 0. The molecule has 120 valence electrons. The summed E-state index contributed by atoms with van der Waals surface area (Å²) in [4.78, 5) is 12.2. The van der Waals surface area contributed by atoms with E-state index in [1.807, 2.05) is 12.1 Å². The lowest BCUT2D eigenvalue weighted by molar-refractivity contribution is 0.357. The number of piperazine rings is 1. The number of fused-ring (bicyclic) bond motifs is 2. The highest BCUT2D eigenvalue weighted by Crippen LogP contribution is 2.37. The molecule has 0 radical (unpaired) electrons. The summed E-state index contributed by atoms with van der Waals surface area (Å²) >= 11 is 1.76. The highest BCUT2D eigenvalue weighted by atomic mass is 32.1. The van der Waals surface area contributed by atoms with Gasteiger partial charge in [0.25, 0.3) is 0 Å². The van der Waals surface area contributed by atoms with Crippen LogP contribution in [-0.4, -0.2) is 41.9 Å². The van der Waals surface area contributed by atoms with Gasteiger partial charge in [-0.3, -0.25) is 0 Å². The van der Waals surface area contributed by atoms with Gasteiger partial charge >= 0.3 is 0 Å². The van der Waals surface area contributed by atoms with Crippen molar-refractivity contribution in [3.8, 4) is 0 Å². The van der Waals surface area contributed by atoms with Crippen LogP contribution in [0.2, 0.25) is 0 Å². The standard InChI is InChI=1S/C17H21N5S/c1-2-5-14-21-15-16(22-10-8-18-9-11-22)19-12-6-3-4-7-13(12)20-17(15)23-14/h3-4,6-7,18,20H,2,5,8-11H2,1H3. The van der Waals surface area contributed by atoms with Gasteiger partial charge in [0, 0.05) is 26.2 Å². The first-order valence-corrected chi connectivity index (χ1v) is 9.07.